The zero-order valence-electron chi connectivity index (χ0n) is 11.7. The van der Waals surface area contributed by atoms with Gasteiger partial charge in [0.05, 0.1) is 0 Å². The summed E-state index contributed by atoms with van der Waals surface area (Å²) >= 11 is 0. The predicted molar refractivity (Wildman–Crippen MR) is 82.4 cm³/mol. The lowest BCUT2D eigenvalue weighted by Gasteiger charge is -2.12. The lowest BCUT2D eigenvalue weighted by Crippen LogP contribution is -2.10. The molecule has 1 heterocycles. The van der Waals surface area contributed by atoms with Crippen LogP contribution in [0, 0.1) is 0 Å². The molecule has 0 unspecified atom stereocenters. The summed E-state index contributed by atoms with van der Waals surface area (Å²) in [6, 6.07) is 11.6. The highest BCUT2D eigenvalue weighted by Crippen LogP contribution is 2.23. The molecule has 1 amide bonds. The molecule has 0 radical (unpaired) electrons. The molecule has 1 aromatic heterocycles. The number of amides is 1. The van der Waals surface area contributed by atoms with E-state index in [-0.39, 0.29) is 5.91 Å². The molecule has 0 aliphatic carbocycles. The van der Waals surface area contributed by atoms with Crippen LogP contribution in [-0.4, -0.2) is 10.9 Å². The highest BCUT2D eigenvalue weighted by atomic mass is 16.1. The number of aromatic nitrogens is 1. The first-order valence-electron chi connectivity index (χ1n) is 6.65. The third-order valence-corrected chi connectivity index (χ3v) is 2.97. The van der Waals surface area contributed by atoms with Gasteiger partial charge in [0.15, 0.2) is 0 Å². The zero-order chi connectivity index (χ0) is 14.4. The summed E-state index contributed by atoms with van der Waals surface area (Å²) in [6.07, 6.45) is 6.71. The summed E-state index contributed by atoms with van der Waals surface area (Å²) in [4.78, 5) is 15.9. The lowest BCUT2D eigenvalue weighted by molar-refractivity contribution is -0.111. The van der Waals surface area contributed by atoms with Gasteiger partial charge in [-0.15, -0.1) is 0 Å². The van der Waals surface area contributed by atoms with E-state index in [4.69, 9.17) is 0 Å². The third kappa shape index (κ3) is 3.79. The fourth-order valence-corrected chi connectivity index (χ4v) is 1.94. The van der Waals surface area contributed by atoms with Crippen LogP contribution in [0.5, 0.6) is 0 Å². The second-order valence-electron chi connectivity index (χ2n) is 4.85. The summed E-state index contributed by atoms with van der Waals surface area (Å²) in [5.41, 5.74) is 2.96. The molecule has 0 aliphatic rings. The Bertz CT molecular complexity index is 603. The summed E-state index contributed by atoms with van der Waals surface area (Å²) in [7, 11) is 0. The molecule has 3 heteroatoms. The van der Waals surface area contributed by atoms with Crippen molar-refractivity contribution in [3.8, 4) is 0 Å². The second kappa shape index (κ2) is 6.66. The number of pyridine rings is 1. The normalized spacial score (nSPS) is 10.9. The van der Waals surface area contributed by atoms with Crippen LogP contribution in [0.3, 0.4) is 0 Å². The maximum atomic E-state index is 11.9. The smallest absolute Gasteiger partial charge is 0.248 e. The first kappa shape index (κ1) is 14.0. The van der Waals surface area contributed by atoms with Gasteiger partial charge in [0.25, 0.3) is 0 Å². The number of hydrogen-bond donors (Lipinski definition) is 1. The van der Waals surface area contributed by atoms with Crippen LogP contribution in [0.25, 0.3) is 6.08 Å². The van der Waals surface area contributed by atoms with Gasteiger partial charge in [0.1, 0.15) is 0 Å². The molecule has 1 aromatic carbocycles. The molecule has 2 rings (SSSR count). The van der Waals surface area contributed by atoms with E-state index in [0.717, 1.165) is 16.8 Å². The van der Waals surface area contributed by atoms with Crippen LogP contribution < -0.4 is 5.32 Å². The predicted octanol–water partition coefficient (Wildman–Crippen LogP) is 3.86. The van der Waals surface area contributed by atoms with E-state index in [0.29, 0.717) is 5.92 Å². The Morgan fingerprint density at radius 3 is 2.55 bits per heavy atom. The van der Waals surface area contributed by atoms with Crippen molar-refractivity contribution < 1.29 is 4.79 Å². The van der Waals surface area contributed by atoms with Gasteiger partial charge in [0, 0.05) is 24.2 Å². The molecule has 0 saturated heterocycles. The van der Waals surface area contributed by atoms with E-state index < -0.39 is 0 Å². The standard InChI is InChI=1S/C17H18N2O/c1-13(2)15-5-3-4-6-16(15)19-17(20)8-7-14-9-11-18-12-10-14/h3-13H,1-2H3,(H,19,20). The fraction of sp³-hybridized carbons (Fsp3) is 0.176. The zero-order valence-corrected chi connectivity index (χ0v) is 11.7. The SMILES string of the molecule is CC(C)c1ccccc1NC(=O)C=Cc1ccncc1. The third-order valence-electron chi connectivity index (χ3n) is 2.97. The Morgan fingerprint density at radius 1 is 1.15 bits per heavy atom. The number of rotatable bonds is 4. The number of nitrogens with one attached hydrogen (secondary N) is 1. The van der Waals surface area contributed by atoms with Gasteiger partial charge in [-0.05, 0) is 41.3 Å². The number of hydrogen-bond acceptors (Lipinski definition) is 2. The quantitative estimate of drug-likeness (QED) is 0.854. The molecule has 20 heavy (non-hydrogen) atoms. The monoisotopic (exact) mass is 266 g/mol. The summed E-state index contributed by atoms with van der Waals surface area (Å²) in [5, 5.41) is 2.92. The van der Waals surface area contributed by atoms with Gasteiger partial charge in [-0.25, -0.2) is 0 Å². The van der Waals surface area contributed by atoms with Crippen LogP contribution >= 0.6 is 0 Å². The molecule has 1 N–H and O–H groups in total. The van der Waals surface area contributed by atoms with Crippen LogP contribution in [0.2, 0.25) is 0 Å². The van der Waals surface area contributed by atoms with E-state index in [9.17, 15) is 4.79 Å². The van der Waals surface area contributed by atoms with E-state index in [2.05, 4.69) is 24.1 Å². The van der Waals surface area contributed by atoms with Crippen molar-refractivity contribution in [1.29, 1.82) is 0 Å². The van der Waals surface area contributed by atoms with Crippen LogP contribution in [-0.2, 0) is 4.79 Å². The minimum atomic E-state index is -0.130. The average Bonchev–Trinajstić information content (AvgIpc) is 2.46. The maximum absolute atomic E-state index is 11.9. The molecule has 0 bridgehead atoms. The van der Waals surface area contributed by atoms with Crippen molar-refractivity contribution >= 4 is 17.7 Å². The van der Waals surface area contributed by atoms with Gasteiger partial charge in [-0.3, -0.25) is 9.78 Å². The van der Waals surface area contributed by atoms with E-state index >= 15 is 0 Å². The number of anilines is 1. The molecule has 3 nitrogen and oxygen atoms in total. The van der Waals surface area contributed by atoms with E-state index in [1.807, 2.05) is 36.4 Å². The summed E-state index contributed by atoms with van der Waals surface area (Å²) in [6.45, 7) is 4.22. The largest absolute Gasteiger partial charge is 0.322 e. The van der Waals surface area contributed by atoms with Gasteiger partial charge in [0.2, 0.25) is 5.91 Å². The minimum absolute atomic E-state index is 0.130. The van der Waals surface area contributed by atoms with Crippen LogP contribution in [0.1, 0.15) is 30.9 Å². The highest BCUT2D eigenvalue weighted by Gasteiger charge is 2.07. The van der Waals surface area contributed by atoms with Crippen LogP contribution in [0.15, 0.2) is 54.9 Å². The minimum Gasteiger partial charge on any atom is -0.322 e. The summed E-state index contributed by atoms with van der Waals surface area (Å²) in [5.74, 6) is 0.241. The topological polar surface area (TPSA) is 42.0 Å². The molecule has 0 aliphatic heterocycles. The fourth-order valence-electron chi connectivity index (χ4n) is 1.94. The molecule has 2 aromatic rings. The maximum Gasteiger partial charge on any atom is 0.248 e. The molecule has 0 atom stereocenters. The number of carbonyl (C=O) groups is 1. The van der Waals surface area contributed by atoms with Gasteiger partial charge in [-0.1, -0.05) is 32.0 Å². The van der Waals surface area contributed by atoms with Crippen molar-refractivity contribution in [3.63, 3.8) is 0 Å². The first-order chi connectivity index (χ1) is 9.66. The van der Waals surface area contributed by atoms with Gasteiger partial charge < -0.3 is 5.32 Å². The van der Waals surface area contributed by atoms with Gasteiger partial charge >= 0.3 is 0 Å². The molecular formula is C17H18N2O. The number of nitrogens with zero attached hydrogens (tertiary/aromatic N) is 1. The highest BCUT2D eigenvalue weighted by molar-refractivity contribution is 6.02. The van der Waals surface area contributed by atoms with Crippen molar-refractivity contribution in [1.82, 2.24) is 4.98 Å². The van der Waals surface area contributed by atoms with Crippen molar-refractivity contribution in [2.24, 2.45) is 0 Å². The van der Waals surface area contributed by atoms with E-state index in [1.165, 1.54) is 6.08 Å². The Labute approximate surface area is 119 Å². The Morgan fingerprint density at radius 2 is 1.85 bits per heavy atom. The Kier molecular flexibility index (Phi) is 4.66. The van der Waals surface area contributed by atoms with Crippen molar-refractivity contribution in [2.45, 2.75) is 19.8 Å². The number of para-hydroxylation sites is 1. The molecule has 0 fully saturated rings. The van der Waals surface area contributed by atoms with Gasteiger partial charge in [-0.2, -0.15) is 0 Å². The first-order valence-corrected chi connectivity index (χ1v) is 6.65. The summed E-state index contributed by atoms with van der Waals surface area (Å²) < 4.78 is 0. The Balaban J connectivity index is 2.07. The molecule has 0 spiro atoms. The van der Waals surface area contributed by atoms with Crippen LogP contribution in [0.4, 0.5) is 5.69 Å². The van der Waals surface area contributed by atoms with Crippen molar-refractivity contribution in [2.75, 3.05) is 5.32 Å². The van der Waals surface area contributed by atoms with E-state index in [1.54, 1.807) is 18.5 Å². The lowest BCUT2D eigenvalue weighted by atomic mass is 10.0. The Hall–Kier alpha value is -2.42. The molecule has 0 saturated carbocycles. The second-order valence-corrected chi connectivity index (χ2v) is 4.85. The average molecular weight is 266 g/mol. The molecular weight excluding hydrogens is 248 g/mol. The number of carbonyl (C=O) groups excluding carboxylic acids is 1. The number of benzene rings is 1. The molecule has 102 valence electrons. The van der Waals surface area contributed by atoms with Crippen molar-refractivity contribution in [3.05, 3.63) is 66.0 Å².